The van der Waals surface area contributed by atoms with Gasteiger partial charge in [-0.25, -0.2) is 8.42 Å². The number of nitrogens with zero attached hydrogens (tertiary/aromatic N) is 1. The van der Waals surface area contributed by atoms with Gasteiger partial charge in [-0.1, -0.05) is 0 Å². The highest BCUT2D eigenvalue weighted by molar-refractivity contribution is 7.90. The molecule has 0 aliphatic heterocycles. The Morgan fingerprint density at radius 2 is 1.82 bits per heavy atom. The molecule has 0 amide bonds. The highest BCUT2D eigenvalue weighted by Gasteiger charge is 2.61. The number of ether oxygens (including phenoxy) is 1. The fourth-order valence-electron chi connectivity index (χ4n) is 1.69. The van der Waals surface area contributed by atoms with Crippen molar-refractivity contribution in [2.45, 2.75) is 30.9 Å². The van der Waals surface area contributed by atoms with Crippen LogP contribution in [0.2, 0.25) is 0 Å². The molecule has 1 fully saturated rings. The number of aromatic nitrogens is 1. The number of hydrogen-bond donors (Lipinski definition) is 0. The fourth-order valence-corrected chi connectivity index (χ4v) is 3.48. The summed E-state index contributed by atoms with van der Waals surface area (Å²) in [5, 5.41) is 0. The van der Waals surface area contributed by atoms with E-state index in [1.165, 1.54) is 0 Å². The van der Waals surface area contributed by atoms with Gasteiger partial charge >= 0.3 is 12.3 Å². The molecule has 4 nitrogen and oxygen atoms in total. The largest absolute Gasteiger partial charge is 0.499 e. The predicted molar refractivity (Wildman–Crippen MR) is 66.1 cm³/mol. The Bertz CT molecular complexity index is 623. The average Bonchev–Trinajstić information content (AvgIpc) is 3.12. The fraction of sp³-hybridized carbons (Fsp3) is 0.583. The van der Waals surface area contributed by atoms with Gasteiger partial charge in [-0.05, 0) is 30.9 Å². The Morgan fingerprint density at radius 3 is 2.27 bits per heavy atom. The minimum Gasteiger partial charge on any atom is -0.424 e. The normalized spacial score (nSPS) is 16.6. The molecule has 1 aromatic rings. The Labute approximate surface area is 123 Å². The first-order valence-corrected chi connectivity index (χ1v) is 8.09. The molecule has 0 radical (unpaired) electrons. The van der Waals surface area contributed by atoms with Gasteiger partial charge in [0, 0.05) is 0 Å². The van der Waals surface area contributed by atoms with Gasteiger partial charge in [0.15, 0.2) is 9.84 Å². The van der Waals surface area contributed by atoms with E-state index in [4.69, 9.17) is 0 Å². The van der Waals surface area contributed by atoms with E-state index in [9.17, 15) is 30.4 Å². The molecule has 124 valence electrons. The summed E-state index contributed by atoms with van der Waals surface area (Å²) in [6.07, 6.45) is -8.84. The molecule has 0 aromatic carbocycles. The lowest BCUT2D eigenvalue weighted by atomic mass is 10.4. The second-order valence-corrected chi connectivity index (χ2v) is 7.21. The SMILES string of the molecule is O=S(=O)(Cc1ccc(OC(F)(F)C(F)(F)F)cn1)CC1CC1. The van der Waals surface area contributed by atoms with Crippen LogP contribution in [0.1, 0.15) is 18.5 Å². The molecule has 0 atom stereocenters. The van der Waals surface area contributed by atoms with E-state index < -0.39 is 27.9 Å². The van der Waals surface area contributed by atoms with Crippen LogP contribution in [0, 0.1) is 5.92 Å². The second kappa shape index (κ2) is 5.64. The molecule has 2 rings (SSSR count). The first-order chi connectivity index (χ1) is 9.98. The molecule has 0 saturated heterocycles. The summed E-state index contributed by atoms with van der Waals surface area (Å²) in [6, 6.07) is 1.88. The van der Waals surface area contributed by atoms with Crippen LogP contribution >= 0.6 is 0 Å². The van der Waals surface area contributed by atoms with Crippen molar-refractivity contribution in [2.24, 2.45) is 5.92 Å². The van der Waals surface area contributed by atoms with E-state index in [0.717, 1.165) is 25.0 Å². The highest BCUT2D eigenvalue weighted by Crippen LogP contribution is 2.37. The third-order valence-corrected chi connectivity index (χ3v) is 4.64. The van der Waals surface area contributed by atoms with Crippen molar-refractivity contribution in [3.8, 4) is 5.75 Å². The Balaban J connectivity index is 2.01. The third-order valence-electron chi connectivity index (χ3n) is 2.93. The summed E-state index contributed by atoms with van der Waals surface area (Å²) in [6.45, 7) is 0. The van der Waals surface area contributed by atoms with Crippen LogP contribution in [0.5, 0.6) is 5.75 Å². The lowest BCUT2D eigenvalue weighted by molar-refractivity contribution is -0.360. The number of halogens is 5. The monoisotopic (exact) mass is 345 g/mol. The Kier molecular flexibility index (Phi) is 4.33. The van der Waals surface area contributed by atoms with Crippen LogP contribution in [0.4, 0.5) is 22.0 Å². The minimum absolute atomic E-state index is 0.0269. The van der Waals surface area contributed by atoms with Gasteiger partial charge in [-0.15, -0.1) is 0 Å². The first kappa shape index (κ1) is 16.9. The summed E-state index contributed by atoms with van der Waals surface area (Å²) in [7, 11) is -3.37. The number of pyridine rings is 1. The summed E-state index contributed by atoms with van der Waals surface area (Å²) in [5.74, 6) is -1.01. The topological polar surface area (TPSA) is 56.3 Å². The molecule has 1 aliphatic rings. The van der Waals surface area contributed by atoms with E-state index in [2.05, 4.69) is 9.72 Å². The average molecular weight is 345 g/mol. The summed E-state index contributed by atoms with van der Waals surface area (Å²) in [5.41, 5.74) is 0.0586. The predicted octanol–water partition coefficient (Wildman–Crippen LogP) is 2.94. The van der Waals surface area contributed by atoms with Gasteiger partial charge in [-0.2, -0.15) is 22.0 Å². The van der Waals surface area contributed by atoms with Gasteiger partial charge < -0.3 is 4.74 Å². The van der Waals surface area contributed by atoms with Crippen molar-refractivity contribution in [1.29, 1.82) is 0 Å². The van der Waals surface area contributed by atoms with Crippen LogP contribution in [0.15, 0.2) is 18.3 Å². The standard InChI is InChI=1S/C12H12F5NO3S/c13-11(14,15)12(16,17)21-10-4-3-9(18-5-10)7-22(19,20)6-8-1-2-8/h3-5,8H,1-2,6-7H2. The highest BCUT2D eigenvalue weighted by atomic mass is 32.2. The first-order valence-electron chi connectivity index (χ1n) is 6.27. The molecule has 0 N–H and O–H groups in total. The lowest BCUT2D eigenvalue weighted by Crippen LogP contribution is -2.41. The van der Waals surface area contributed by atoms with E-state index in [0.29, 0.717) is 6.20 Å². The minimum atomic E-state index is -5.85. The number of alkyl halides is 5. The molecule has 22 heavy (non-hydrogen) atoms. The zero-order valence-electron chi connectivity index (χ0n) is 11.1. The molecule has 1 heterocycles. The lowest BCUT2D eigenvalue weighted by Gasteiger charge is -2.19. The van der Waals surface area contributed by atoms with Crippen LogP contribution in [0.25, 0.3) is 0 Å². The number of rotatable bonds is 6. The quantitative estimate of drug-likeness (QED) is 0.744. The maximum Gasteiger partial charge on any atom is 0.499 e. The Hall–Kier alpha value is -1.45. The van der Waals surface area contributed by atoms with Gasteiger partial charge in [0.1, 0.15) is 5.75 Å². The van der Waals surface area contributed by atoms with E-state index in [1.807, 2.05) is 0 Å². The maximum atomic E-state index is 12.7. The molecule has 0 spiro atoms. The van der Waals surface area contributed by atoms with Crippen molar-refractivity contribution in [3.05, 3.63) is 24.0 Å². The van der Waals surface area contributed by atoms with Crippen molar-refractivity contribution >= 4 is 9.84 Å². The molecule has 0 bridgehead atoms. The van der Waals surface area contributed by atoms with Gasteiger partial charge in [0.2, 0.25) is 0 Å². The molecule has 1 saturated carbocycles. The number of hydrogen-bond acceptors (Lipinski definition) is 4. The molecular formula is C12H12F5NO3S. The van der Waals surface area contributed by atoms with Gasteiger partial charge in [0.25, 0.3) is 0 Å². The Morgan fingerprint density at radius 1 is 1.18 bits per heavy atom. The van der Waals surface area contributed by atoms with Gasteiger partial charge in [-0.3, -0.25) is 4.98 Å². The van der Waals surface area contributed by atoms with E-state index in [-0.39, 0.29) is 23.1 Å². The van der Waals surface area contributed by atoms with Crippen molar-refractivity contribution in [2.75, 3.05) is 5.75 Å². The van der Waals surface area contributed by atoms with Crippen LogP contribution < -0.4 is 4.74 Å². The smallest absolute Gasteiger partial charge is 0.424 e. The molecular weight excluding hydrogens is 333 g/mol. The van der Waals surface area contributed by atoms with Crippen molar-refractivity contribution in [3.63, 3.8) is 0 Å². The summed E-state index contributed by atoms with van der Waals surface area (Å²) >= 11 is 0. The van der Waals surface area contributed by atoms with Crippen LogP contribution in [-0.4, -0.2) is 31.4 Å². The van der Waals surface area contributed by atoms with Crippen molar-refractivity contribution < 1.29 is 35.1 Å². The summed E-state index contributed by atoms with van der Waals surface area (Å²) < 4.78 is 88.3. The molecule has 1 aliphatic carbocycles. The van der Waals surface area contributed by atoms with E-state index in [1.54, 1.807) is 0 Å². The zero-order chi connectivity index (χ0) is 16.6. The molecule has 10 heteroatoms. The second-order valence-electron chi connectivity index (χ2n) is 5.10. The molecule has 1 aromatic heterocycles. The zero-order valence-corrected chi connectivity index (χ0v) is 11.9. The van der Waals surface area contributed by atoms with Gasteiger partial charge in [0.05, 0.1) is 23.4 Å². The summed E-state index contributed by atoms with van der Waals surface area (Å²) in [4.78, 5) is 3.55. The number of sulfone groups is 1. The van der Waals surface area contributed by atoms with Crippen LogP contribution in [0.3, 0.4) is 0 Å². The molecule has 0 unspecified atom stereocenters. The third kappa shape index (κ3) is 4.52. The van der Waals surface area contributed by atoms with Crippen LogP contribution in [-0.2, 0) is 15.6 Å². The van der Waals surface area contributed by atoms with E-state index >= 15 is 0 Å². The maximum absolute atomic E-state index is 12.7. The van der Waals surface area contributed by atoms with Crippen molar-refractivity contribution in [1.82, 2.24) is 4.98 Å².